The summed E-state index contributed by atoms with van der Waals surface area (Å²) < 4.78 is 1.95. The third-order valence-corrected chi connectivity index (χ3v) is 4.44. The number of fused-ring (bicyclic) bond motifs is 1. The molecule has 0 aliphatic carbocycles. The topological polar surface area (TPSA) is 75.1 Å². The minimum atomic E-state index is 0.0465. The predicted octanol–water partition coefficient (Wildman–Crippen LogP) is 3.27. The molecular weight excluding hydrogens is 308 g/mol. The Hall–Kier alpha value is -1.95. The molecule has 0 atom stereocenters. The summed E-state index contributed by atoms with van der Waals surface area (Å²) in [5.41, 5.74) is 6.50. The Balaban J connectivity index is 2.36. The second kappa shape index (κ2) is 7.08. The van der Waals surface area contributed by atoms with Crippen LogP contribution in [0.3, 0.4) is 0 Å². The molecular formula is C17H24N4OS. The van der Waals surface area contributed by atoms with E-state index in [4.69, 9.17) is 11.1 Å². The minimum absolute atomic E-state index is 0.0465. The number of nitrogens with one attached hydrogen (secondary N) is 1. The van der Waals surface area contributed by atoms with Gasteiger partial charge in [0.25, 0.3) is 0 Å². The highest BCUT2D eigenvalue weighted by atomic mass is 32.2. The van der Waals surface area contributed by atoms with Crippen molar-refractivity contribution in [2.24, 2.45) is 5.73 Å². The number of nitrogens with zero attached hydrogens (tertiary/aromatic N) is 2. The quantitative estimate of drug-likeness (QED) is 0.501. The van der Waals surface area contributed by atoms with Crippen LogP contribution in [0.2, 0.25) is 0 Å². The number of carbonyl (C=O) groups is 1. The van der Waals surface area contributed by atoms with E-state index in [0.717, 1.165) is 15.8 Å². The Labute approximate surface area is 141 Å². The molecule has 0 unspecified atom stereocenters. The smallest absolute Gasteiger partial charge is 0.242 e. The molecule has 1 heterocycles. The van der Waals surface area contributed by atoms with Crippen molar-refractivity contribution in [2.45, 2.75) is 51.2 Å². The monoisotopic (exact) mass is 332 g/mol. The van der Waals surface area contributed by atoms with Crippen LogP contribution in [0.5, 0.6) is 0 Å². The molecule has 1 aromatic carbocycles. The van der Waals surface area contributed by atoms with E-state index in [9.17, 15) is 4.79 Å². The highest BCUT2D eigenvalue weighted by Gasteiger charge is 2.21. The van der Waals surface area contributed by atoms with Crippen LogP contribution in [0.4, 0.5) is 0 Å². The molecule has 0 aliphatic rings. The molecule has 124 valence electrons. The molecule has 0 radical (unpaired) electrons. The van der Waals surface area contributed by atoms with E-state index in [1.54, 1.807) is 0 Å². The summed E-state index contributed by atoms with van der Waals surface area (Å²) in [5, 5.41) is 8.56. The van der Waals surface area contributed by atoms with Crippen molar-refractivity contribution >= 4 is 33.7 Å². The molecule has 0 aliphatic heterocycles. The van der Waals surface area contributed by atoms with Gasteiger partial charge >= 0.3 is 0 Å². The fraction of sp³-hybridized carbons (Fsp3) is 0.412. The average Bonchev–Trinajstić information content (AvgIpc) is 2.75. The number of amidine groups is 1. The highest BCUT2D eigenvalue weighted by molar-refractivity contribution is 8.13. The van der Waals surface area contributed by atoms with Gasteiger partial charge in [0, 0.05) is 34.1 Å². The van der Waals surface area contributed by atoms with Gasteiger partial charge in [0.1, 0.15) is 6.54 Å². The van der Waals surface area contributed by atoms with Gasteiger partial charge in [0.15, 0.2) is 5.17 Å². The number of para-hydroxylation sites is 1. The first-order chi connectivity index (χ1) is 10.8. The number of rotatable bonds is 5. The van der Waals surface area contributed by atoms with Gasteiger partial charge < -0.3 is 15.2 Å². The summed E-state index contributed by atoms with van der Waals surface area (Å²) in [4.78, 5) is 15.5. The van der Waals surface area contributed by atoms with Crippen molar-refractivity contribution in [3.63, 3.8) is 0 Å². The molecule has 0 bridgehead atoms. The van der Waals surface area contributed by atoms with Gasteiger partial charge in [-0.05, 0) is 33.8 Å². The van der Waals surface area contributed by atoms with Gasteiger partial charge in [0.2, 0.25) is 5.91 Å². The lowest BCUT2D eigenvalue weighted by molar-refractivity contribution is -0.135. The van der Waals surface area contributed by atoms with Gasteiger partial charge in [-0.1, -0.05) is 30.0 Å². The third-order valence-electron chi connectivity index (χ3n) is 3.68. The molecule has 0 spiro atoms. The van der Waals surface area contributed by atoms with E-state index in [0.29, 0.717) is 0 Å². The summed E-state index contributed by atoms with van der Waals surface area (Å²) in [7, 11) is 0. The lowest BCUT2D eigenvalue weighted by Crippen LogP contribution is -2.43. The van der Waals surface area contributed by atoms with Gasteiger partial charge in [0.05, 0.1) is 0 Å². The average molecular weight is 332 g/mol. The van der Waals surface area contributed by atoms with Crippen molar-refractivity contribution < 1.29 is 4.79 Å². The van der Waals surface area contributed by atoms with E-state index < -0.39 is 0 Å². The van der Waals surface area contributed by atoms with Crippen molar-refractivity contribution in [3.8, 4) is 0 Å². The first kappa shape index (κ1) is 17.4. The number of thioether (sulfide) groups is 1. The number of benzene rings is 1. The third kappa shape index (κ3) is 3.88. The summed E-state index contributed by atoms with van der Waals surface area (Å²) in [6.07, 6.45) is 1.91. The van der Waals surface area contributed by atoms with Gasteiger partial charge in [-0.15, -0.1) is 0 Å². The number of nitrogens with two attached hydrogens (primary N) is 1. The van der Waals surface area contributed by atoms with E-state index in [-0.39, 0.29) is 29.7 Å². The Morgan fingerprint density at radius 3 is 2.43 bits per heavy atom. The summed E-state index contributed by atoms with van der Waals surface area (Å²) in [6, 6.07) is 8.21. The number of hydrogen-bond donors (Lipinski definition) is 2. The van der Waals surface area contributed by atoms with Crippen LogP contribution in [0.1, 0.15) is 27.7 Å². The Morgan fingerprint density at radius 1 is 1.26 bits per heavy atom. The minimum Gasteiger partial charge on any atom is -0.378 e. The van der Waals surface area contributed by atoms with E-state index in [1.165, 1.54) is 11.8 Å². The van der Waals surface area contributed by atoms with Crippen LogP contribution < -0.4 is 5.73 Å². The van der Waals surface area contributed by atoms with Crippen molar-refractivity contribution in [1.29, 1.82) is 5.41 Å². The molecule has 2 rings (SSSR count). The maximum Gasteiger partial charge on any atom is 0.242 e. The first-order valence-corrected chi connectivity index (χ1v) is 8.53. The molecule has 3 N–H and O–H groups in total. The summed E-state index contributed by atoms with van der Waals surface area (Å²) in [5.74, 6) is 0.0927. The van der Waals surface area contributed by atoms with Crippen molar-refractivity contribution in [2.75, 3.05) is 0 Å². The number of aromatic nitrogens is 1. The molecule has 1 aromatic heterocycles. The maximum atomic E-state index is 12.7. The van der Waals surface area contributed by atoms with Crippen LogP contribution in [0.25, 0.3) is 10.9 Å². The summed E-state index contributed by atoms with van der Waals surface area (Å²) in [6.45, 7) is 8.41. The van der Waals surface area contributed by atoms with Gasteiger partial charge in [-0.2, -0.15) is 0 Å². The lowest BCUT2D eigenvalue weighted by atomic mass is 10.2. The van der Waals surface area contributed by atoms with Crippen LogP contribution in [-0.2, 0) is 11.3 Å². The van der Waals surface area contributed by atoms with Gasteiger partial charge in [-0.3, -0.25) is 10.2 Å². The highest BCUT2D eigenvalue weighted by Crippen LogP contribution is 2.29. The molecule has 5 nitrogen and oxygen atoms in total. The lowest BCUT2D eigenvalue weighted by Gasteiger charge is -2.31. The normalized spacial score (nSPS) is 11.4. The largest absolute Gasteiger partial charge is 0.378 e. The van der Waals surface area contributed by atoms with Crippen LogP contribution in [0, 0.1) is 5.41 Å². The second-order valence-electron chi connectivity index (χ2n) is 6.09. The second-order valence-corrected chi connectivity index (χ2v) is 7.18. The number of amides is 1. The van der Waals surface area contributed by atoms with Crippen molar-refractivity contribution in [1.82, 2.24) is 9.47 Å². The maximum absolute atomic E-state index is 12.7. The number of hydrogen-bond acceptors (Lipinski definition) is 3. The van der Waals surface area contributed by atoms with E-state index >= 15 is 0 Å². The predicted molar refractivity (Wildman–Crippen MR) is 96.8 cm³/mol. The van der Waals surface area contributed by atoms with Crippen LogP contribution in [-0.4, -0.2) is 32.6 Å². The molecule has 0 saturated heterocycles. The molecule has 0 fully saturated rings. The molecule has 6 heteroatoms. The Morgan fingerprint density at radius 2 is 1.87 bits per heavy atom. The zero-order valence-electron chi connectivity index (χ0n) is 14.0. The zero-order chi connectivity index (χ0) is 17.1. The van der Waals surface area contributed by atoms with Crippen LogP contribution >= 0.6 is 11.8 Å². The standard InChI is InChI=1S/C17H24N4OS/c1-11(2)21(12(3)4)16(22)10-20-9-15(23-17(18)19)13-7-5-6-8-14(13)20/h5-9,11-12H,10H2,1-4H3,(H3,18,19). The number of carbonyl (C=O) groups excluding carboxylic acids is 1. The van der Waals surface area contributed by atoms with Gasteiger partial charge in [-0.25, -0.2) is 0 Å². The fourth-order valence-electron chi connectivity index (χ4n) is 2.94. The Bertz CT molecular complexity index is 712. The molecule has 1 amide bonds. The fourth-order valence-corrected chi connectivity index (χ4v) is 3.64. The molecule has 0 saturated carbocycles. The SMILES string of the molecule is CC(C)N(C(=O)Cn1cc(SC(=N)N)c2ccccc21)C(C)C. The Kier molecular flexibility index (Phi) is 5.36. The first-order valence-electron chi connectivity index (χ1n) is 7.72. The molecule has 2 aromatic rings. The van der Waals surface area contributed by atoms with E-state index in [2.05, 4.69) is 0 Å². The van der Waals surface area contributed by atoms with E-state index in [1.807, 2.05) is 67.6 Å². The van der Waals surface area contributed by atoms with Crippen LogP contribution in [0.15, 0.2) is 35.4 Å². The summed E-state index contributed by atoms with van der Waals surface area (Å²) >= 11 is 1.21. The zero-order valence-corrected chi connectivity index (χ0v) is 14.9. The molecule has 23 heavy (non-hydrogen) atoms. The van der Waals surface area contributed by atoms with Crippen molar-refractivity contribution in [3.05, 3.63) is 30.5 Å².